The van der Waals surface area contributed by atoms with Crippen molar-refractivity contribution in [3.63, 3.8) is 0 Å². The molecule has 3 rings (SSSR count). The molecule has 2 aliphatic rings. The number of Topliss-reactive ketones (excluding diaryl/α,β-unsaturated/α-hetero) is 1. The van der Waals surface area contributed by atoms with Gasteiger partial charge in [0.2, 0.25) is 0 Å². The number of para-hydroxylation sites is 1. The lowest BCUT2D eigenvalue weighted by molar-refractivity contribution is 0.0911. The average molecular weight is 199 g/mol. The molecule has 0 radical (unpaired) electrons. The number of hydrogen-bond acceptors (Lipinski definition) is 2. The molecule has 1 aromatic rings. The number of rotatable bonds is 0. The van der Waals surface area contributed by atoms with Crippen LogP contribution in [0, 0.1) is 0 Å². The van der Waals surface area contributed by atoms with Gasteiger partial charge in [-0.3, -0.25) is 4.79 Å². The summed E-state index contributed by atoms with van der Waals surface area (Å²) in [7, 11) is 2.02. The van der Waals surface area contributed by atoms with Crippen LogP contribution in [0.1, 0.15) is 23.2 Å². The molecule has 0 aromatic heterocycles. The second kappa shape index (κ2) is 2.72. The average Bonchev–Trinajstić information content (AvgIpc) is 2.83. The van der Waals surface area contributed by atoms with Crippen molar-refractivity contribution in [2.24, 2.45) is 0 Å². The fraction of sp³-hybridized carbons (Fsp3) is 0.308. The van der Waals surface area contributed by atoms with Crippen LogP contribution >= 0.6 is 0 Å². The first-order valence-electron chi connectivity index (χ1n) is 5.28. The van der Waals surface area contributed by atoms with Gasteiger partial charge in [-0.05, 0) is 25.0 Å². The van der Waals surface area contributed by atoms with Crippen LogP contribution in [0.5, 0.6) is 0 Å². The Labute approximate surface area is 89.2 Å². The maximum Gasteiger partial charge on any atom is 0.191 e. The van der Waals surface area contributed by atoms with Crippen molar-refractivity contribution >= 4 is 11.5 Å². The summed E-state index contributed by atoms with van der Waals surface area (Å²) < 4.78 is 0. The van der Waals surface area contributed by atoms with Gasteiger partial charge in [-0.15, -0.1) is 0 Å². The molecular weight excluding hydrogens is 186 g/mol. The molecule has 0 bridgehead atoms. The third-order valence-electron chi connectivity index (χ3n) is 3.65. The number of nitrogens with zero attached hydrogens (tertiary/aromatic N) is 1. The van der Waals surface area contributed by atoms with E-state index >= 15 is 0 Å². The molecule has 1 aliphatic heterocycles. The van der Waals surface area contributed by atoms with Crippen LogP contribution in [-0.2, 0) is 0 Å². The van der Waals surface area contributed by atoms with Gasteiger partial charge in [-0.1, -0.05) is 24.3 Å². The summed E-state index contributed by atoms with van der Waals surface area (Å²) >= 11 is 0. The second-order valence-corrected chi connectivity index (χ2v) is 4.32. The van der Waals surface area contributed by atoms with Crippen molar-refractivity contribution in [1.82, 2.24) is 0 Å². The number of carbonyl (C=O) groups excluding carboxylic acids is 1. The summed E-state index contributed by atoms with van der Waals surface area (Å²) in [6.45, 7) is 0. The lowest BCUT2D eigenvalue weighted by Crippen LogP contribution is -2.46. The first kappa shape index (κ1) is 8.72. The Bertz CT molecular complexity index is 453. The van der Waals surface area contributed by atoms with Gasteiger partial charge >= 0.3 is 0 Å². The predicted molar refractivity (Wildman–Crippen MR) is 60.3 cm³/mol. The van der Waals surface area contributed by atoms with Crippen molar-refractivity contribution in [3.05, 3.63) is 42.0 Å². The molecule has 0 amide bonds. The maximum absolute atomic E-state index is 12.3. The van der Waals surface area contributed by atoms with Crippen LogP contribution < -0.4 is 4.90 Å². The Balaban J connectivity index is 2.17. The van der Waals surface area contributed by atoms with E-state index in [1.54, 1.807) is 0 Å². The van der Waals surface area contributed by atoms with Crippen molar-refractivity contribution in [1.29, 1.82) is 0 Å². The van der Waals surface area contributed by atoms with E-state index in [1.807, 2.05) is 31.3 Å². The lowest BCUT2D eigenvalue weighted by atomic mass is 9.90. The Morgan fingerprint density at radius 1 is 1.20 bits per heavy atom. The fourth-order valence-corrected chi connectivity index (χ4v) is 2.69. The number of likely N-dealkylation sites (N-methyl/N-ethyl adjacent to an activating group) is 1. The van der Waals surface area contributed by atoms with E-state index in [0.717, 1.165) is 24.1 Å². The molecular formula is C13H13NO. The molecule has 0 unspecified atom stereocenters. The van der Waals surface area contributed by atoms with Crippen LogP contribution in [0.15, 0.2) is 36.4 Å². The van der Waals surface area contributed by atoms with Gasteiger partial charge < -0.3 is 4.90 Å². The first-order chi connectivity index (χ1) is 7.26. The molecule has 1 aliphatic carbocycles. The molecule has 1 aromatic carbocycles. The number of ketones is 1. The summed E-state index contributed by atoms with van der Waals surface area (Å²) in [5, 5.41) is 0. The van der Waals surface area contributed by atoms with E-state index in [9.17, 15) is 4.79 Å². The van der Waals surface area contributed by atoms with E-state index in [4.69, 9.17) is 0 Å². The van der Waals surface area contributed by atoms with E-state index in [0.29, 0.717) is 0 Å². The van der Waals surface area contributed by atoms with Gasteiger partial charge in [-0.2, -0.15) is 0 Å². The van der Waals surface area contributed by atoms with E-state index in [-0.39, 0.29) is 11.3 Å². The molecule has 0 atom stereocenters. The third-order valence-corrected chi connectivity index (χ3v) is 3.65. The highest BCUT2D eigenvalue weighted by Gasteiger charge is 2.49. The monoisotopic (exact) mass is 199 g/mol. The largest absolute Gasteiger partial charge is 0.360 e. The van der Waals surface area contributed by atoms with Gasteiger partial charge in [0.1, 0.15) is 5.54 Å². The number of fused-ring (bicyclic) bond motifs is 1. The molecule has 0 saturated carbocycles. The van der Waals surface area contributed by atoms with E-state index in [2.05, 4.69) is 17.1 Å². The van der Waals surface area contributed by atoms with Crippen LogP contribution in [0.25, 0.3) is 0 Å². The van der Waals surface area contributed by atoms with Crippen molar-refractivity contribution < 1.29 is 4.79 Å². The van der Waals surface area contributed by atoms with Gasteiger partial charge in [0, 0.05) is 18.3 Å². The molecule has 1 heterocycles. The summed E-state index contributed by atoms with van der Waals surface area (Å²) in [6.07, 6.45) is 5.91. The number of anilines is 1. The Morgan fingerprint density at radius 2 is 1.87 bits per heavy atom. The Morgan fingerprint density at radius 3 is 2.53 bits per heavy atom. The van der Waals surface area contributed by atoms with E-state index in [1.165, 1.54) is 0 Å². The normalized spacial score (nSPS) is 21.4. The van der Waals surface area contributed by atoms with Gasteiger partial charge in [-0.25, -0.2) is 0 Å². The molecule has 2 nitrogen and oxygen atoms in total. The summed E-state index contributed by atoms with van der Waals surface area (Å²) in [6, 6.07) is 7.89. The Kier molecular flexibility index (Phi) is 1.58. The lowest BCUT2D eigenvalue weighted by Gasteiger charge is -2.32. The van der Waals surface area contributed by atoms with Crippen LogP contribution in [0.2, 0.25) is 0 Å². The number of carbonyl (C=O) groups is 1. The first-order valence-corrected chi connectivity index (χ1v) is 5.28. The topological polar surface area (TPSA) is 20.3 Å². The molecule has 0 N–H and O–H groups in total. The summed E-state index contributed by atoms with van der Waals surface area (Å²) in [5.41, 5.74) is 1.65. The Hall–Kier alpha value is -1.57. The van der Waals surface area contributed by atoms with Crippen LogP contribution in [0.4, 0.5) is 5.69 Å². The zero-order valence-corrected chi connectivity index (χ0v) is 8.73. The molecule has 15 heavy (non-hydrogen) atoms. The zero-order valence-electron chi connectivity index (χ0n) is 8.73. The quantitative estimate of drug-likeness (QED) is 0.598. The molecule has 0 saturated heterocycles. The second-order valence-electron chi connectivity index (χ2n) is 4.32. The predicted octanol–water partition coefficient (Wildman–Crippen LogP) is 2.41. The summed E-state index contributed by atoms with van der Waals surface area (Å²) in [4.78, 5) is 14.5. The fourth-order valence-electron chi connectivity index (χ4n) is 2.69. The van der Waals surface area contributed by atoms with Gasteiger partial charge in [0.15, 0.2) is 5.78 Å². The molecule has 2 heteroatoms. The van der Waals surface area contributed by atoms with Crippen molar-refractivity contribution in [3.8, 4) is 0 Å². The van der Waals surface area contributed by atoms with Gasteiger partial charge in [0.05, 0.1) is 0 Å². The maximum atomic E-state index is 12.3. The van der Waals surface area contributed by atoms with Gasteiger partial charge in [0.25, 0.3) is 0 Å². The third kappa shape index (κ3) is 0.916. The van der Waals surface area contributed by atoms with Crippen molar-refractivity contribution in [2.75, 3.05) is 11.9 Å². The van der Waals surface area contributed by atoms with Crippen LogP contribution in [0.3, 0.4) is 0 Å². The minimum Gasteiger partial charge on any atom is -0.360 e. The highest BCUT2D eigenvalue weighted by molar-refractivity contribution is 6.14. The summed E-state index contributed by atoms with van der Waals surface area (Å²) in [5.74, 6) is 0.283. The SMILES string of the molecule is CN1c2ccccc2C(=O)C12CC=CC2. The number of benzene rings is 1. The minimum absolute atomic E-state index is 0.283. The van der Waals surface area contributed by atoms with Crippen molar-refractivity contribution in [2.45, 2.75) is 18.4 Å². The minimum atomic E-state index is -0.302. The molecule has 76 valence electrons. The number of hydrogen-bond donors (Lipinski definition) is 0. The standard InChI is InChI=1S/C13H13NO/c1-14-11-7-3-2-6-10(11)12(15)13(14)8-4-5-9-13/h2-7H,8-9H2,1H3. The zero-order chi connectivity index (χ0) is 10.5. The molecule has 0 fully saturated rings. The molecule has 1 spiro atoms. The smallest absolute Gasteiger partial charge is 0.191 e. The highest BCUT2D eigenvalue weighted by Crippen LogP contribution is 2.43. The highest BCUT2D eigenvalue weighted by atomic mass is 16.1. The van der Waals surface area contributed by atoms with E-state index < -0.39 is 0 Å². The van der Waals surface area contributed by atoms with Crippen LogP contribution in [-0.4, -0.2) is 18.4 Å².